The summed E-state index contributed by atoms with van der Waals surface area (Å²) >= 11 is 3.60. The van der Waals surface area contributed by atoms with Gasteiger partial charge in [0.25, 0.3) is 0 Å². The number of aromatic nitrogens is 2. The molecular weight excluding hydrogens is 252 g/mol. The lowest BCUT2D eigenvalue weighted by Gasteiger charge is -2.27. The highest BCUT2D eigenvalue weighted by atomic mass is 79.9. The molecule has 1 aromatic rings. The number of hydrogen-bond donors (Lipinski definition) is 0. The fourth-order valence-electron chi connectivity index (χ4n) is 2.62. The normalized spacial score (nSPS) is 26.9. The molecule has 1 heterocycles. The van der Waals surface area contributed by atoms with Gasteiger partial charge < -0.3 is 0 Å². The van der Waals surface area contributed by atoms with Crippen LogP contribution in [0.2, 0.25) is 0 Å². The van der Waals surface area contributed by atoms with Gasteiger partial charge in [0.1, 0.15) is 0 Å². The summed E-state index contributed by atoms with van der Waals surface area (Å²) in [5.74, 6) is 0.853. The van der Waals surface area contributed by atoms with Crippen LogP contribution < -0.4 is 0 Å². The smallest absolute Gasteiger partial charge is 0.0738 e. The highest BCUT2D eigenvalue weighted by Crippen LogP contribution is 2.34. The molecule has 3 heteroatoms. The lowest BCUT2D eigenvalue weighted by atomic mass is 9.87. The third-order valence-electron chi connectivity index (χ3n) is 3.49. The van der Waals surface area contributed by atoms with Crippen molar-refractivity contribution in [1.82, 2.24) is 9.78 Å². The average molecular weight is 271 g/mol. The average Bonchev–Trinajstić information content (AvgIpc) is 2.46. The molecule has 0 aromatic carbocycles. The van der Waals surface area contributed by atoms with Crippen molar-refractivity contribution in [2.75, 3.05) is 0 Å². The van der Waals surface area contributed by atoms with E-state index in [0.717, 1.165) is 11.6 Å². The highest BCUT2D eigenvalue weighted by Gasteiger charge is 2.23. The Hall–Kier alpha value is -0.310. The molecule has 1 aliphatic carbocycles. The fraction of sp³-hybridized carbons (Fsp3) is 0.750. The summed E-state index contributed by atoms with van der Waals surface area (Å²) in [6.45, 7) is 6.58. The van der Waals surface area contributed by atoms with Crippen LogP contribution in [0.25, 0.3) is 0 Å². The summed E-state index contributed by atoms with van der Waals surface area (Å²) < 4.78 is 3.41. The summed E-state index contributed by atoms with van der Waals surface area (Å²) in [4.78, 5) is 0. The van der Waals surface area contributed by atoms with Gasteiger partial charge >= 0.3 is 0 Å². The number of aryl methyl sites for hydroxylation is 1. The Kier molecular flexibility index (Phi) is 3.19. The van der Waals surface area contributed by atoms with E-state index in [4.69, 9.17) is 0 Å². The van der Waals surface area contributed by atoms with Gasteiger partial charge in [-0.05, 0) is 48.5 Å². The van der Waals surface area contributed by atoms with E-state index in [0.29, 0.717) is 6.04 Å². The first-order chi connectivity index (χ1) is 7.09. The summed E-state index contributed by atoms with van der Waals surface area (Å²) in [6.07, 6.45) is 5.31. The second kappa shape index (κ2) is 4.28. The van der Waals surface area contributed by atoms with Gasteiger partial charge in [-0.25, -0.2) is 0 Å². The van der Waals surface area contributed by atoms with E-state index in [-0.39, 0.29) is 0 Å². The molecular formula is C12H19BrN2. The van der Waals surface area contributed by atoms with Crippen LogP contribution in [0.5, 0.6) is 0 Å². The third kappa shape index (κ3) is 2.12. The first-order valence-corrected chi connectivity index (χ1v) is 6.60. The molecule has 0 radical (unpaired) electrons. The number of halogens is 1. The number of rotatable bonds is 1. The molecule has 1 aliphatic rings. The van der Waals surface area contributed by atoms with Crippen LogP contribution in [0.1, 0.15) is 50.0 Å². The van der Waals surface area contributed by atoms with Crippen molar-refractivity contribution in [1.29, 1.82) is 0 Å². The van der Waals surface area contributed by atoms with Crippen molar-refractivity contribution < 1.29 is 0 Å². The van der Waals surface area contributed by atoms with E-state index in [2.05, 4.69) is 46.5 Å². The maximum Gasteiger partial charge on any atom is 0.0738 e. The molecule has 0 saturated heterocycles. The van der Waals surface area contributed by atoms with Gasteiger partial charge in [0, 0.05) is 0 Å². The Morgan fingerprint density at radius 2 is 2.07 bits per heavy atom. The first kappa shape index (κ1) is 11.2. The van der Waals surface area contributed by atoms with Crippen LogP contribution in [0.15, 0.2) is 4.47 Å². The van der Waals surface area contributed by atoms with E-state index in [1.807, 2.05) is 0 Å². The van der Waals surface area contributed by atoms with E-state index < -0.39 is 0 Å². The molecule has 0 N–H and O–H groups in total. The van der Waals surface area contributed by atoms with Gasteiger partial charge in [0.2, 0.25) is 0 Å². The predicted octanol–water partition coefficient (Wildman–Crippen LogP) is 4.01. The van der Waals surface area contributed by atoms with Crippen molar-refractivity contribution in [2.45, 2.75) is 52.5 Å². The van der Waals surface area contributed by atoms with Gasteiger partial charge in [-0.15, -0.1) is 0 Å². The number of nitrogens with zero attached hydrogens (tertiary/aromatic N) is 2. The molecule has 15 heavy (non-hydrogen) atoms. The second-order valence-electron chi connectivity index (χ2n) is 4.85. The monoisotopic (exact) mass is 270 g/mol. The van der Waals surface area contributed by atoms with Gasteiger partial charge in [-0.1, -0.05) is 19.8 Å². The molecule has 2 unspecified atom stereocenters. The van der Waals surface area contributed by atoms with E-state index >= 15 is 0 Å². The Bertz CT molecular complexity index is 357. The van der Waals surface area contributed by atoms with Crippen molar-refractivity contribution in [3.05, 3.63) is 15.9 Å². The molecule has 2 nitrogen and oxygen atoms in total. The quantitative estimate of drug-likeness (QED) is 0.754. The Morgan fingerprint density at radius 3 is 2.60 bits per heavy atom. The lowest BCUT2D eigenvalue weighted by molar-refractivity contribution is 0.263. The van der Waals surface area contributed by atoms with Gasteiger partial charge in [0.15, 0.2) is 0 Å². The van der Waals surface area contributed by atoms with E-state index in [1.165, 1.54) is 35.8 Å². The maximum absolute atomic E-state index is 4.64. The Morgan fingerprint density at radius 1 is 1.33 bits per heavy atom. The molecule has 1 saturated carbocycles. The van der Waals surface area contributed by atoms with E-state index in [9.17, 15) is 0 Å². The molecule has 1 fully saturated rings. The largest absolute Gasteiger partial charge is 0.265 e. The minimum absolute atomic E-state index is 0.624. The van der Waals surface area contributed by atoms with Crippen LogP contribution >= 0.6 is 15.9 Å². The zero-order valence-electron chi connectivity index (χ0n) is 9.76. The Labute approximate surface area is 100 Å². The zero-order valence-corrected chi connectivity index (χ0v) is 11.3. The standard InChI is InChI=1S/C12H19BrN2/c1-8-5-4-6-11(7-8)15-10(3)12(13)9(2)14-15/h8,11H,4-7H2,1-3H3. The fourth-order valence-corrected chi connectivity index (χ4v) is 2.88. The summed E-state index contributed by atoms with van der Waals surface area (Å²) in [6, 6.07) is 0.624. The molecule has 0 aliphatic heterocycles. The molecule has 0 bridgehead atoms. The van der Waals surface area contributed by atoms with Crippen molar-refractivity contribution >= 4 is 15.9 Å². The van der Waals surface area contributed by atoms with Gasteiger partial charge in [-0.3, -0.25) is 4.68 Å². The van der Waals surface area contributed by atoms with Crippen LogP contribution in [0, 0.1) is 19.8 Å². The summed E-state index contributed by atoms with van der Waals surface area (Å²) in [5.41, 5.74) is 2.40. The predicted molar refractivity (Wildman–Crippen MR) is 66.1 cm³/mol. The zero-order chi connectivity index (χ0) is 11.0. The first-order valence-electron chi connectivity index (χ1n) is 5.80. The minimum atomic E-state index is 0.624. The van der Waals surface area contributed by atoms with Crippen molar-refractivity contribution in [2.24, 2.45) is 5.92 Å². The highest BCUT2D eigenvalue weighted by molar-refractivity contribution is 9.10. The van der Waals surface area contributed by atoms with Crippen LogP contribution in [-0.4, -0.2) is 9.78 Å². The molecule has 0 spiro atoms. The third-order valence-corrected chi connectivity index (χ3v) is 4.64. The summed E-state index contributed by atoms with van der Waals surface area (Å²) in [5, 5.41) is 4.64. The summed E-state index contributed by atoms with van der Waals surface area (Å²) in [7, 11) is 0. The van der Waals surface area contributed by atoms with Crippen LogP contribution in [-0.2, 0) is 0 Å². The van der Waals surface area contributed by atoms with Crippen LogP contribution in [0.3, 0.4) is 0 Å². The molecule has 2 rings (SSSR count). The van der Waals surface area contributed by atoms with Gasteiger partial charge in [0.05, 0.1) is 21.9 Å². The van der Waals surface area contributed by atoms with Gasteiger partial charge in [-0.2, -0.15) is 5.10 Å². The van der Waals surface area contributed by atoms with E-state index in [1.54, 1.807) is 0 Å². The molecule has 2 atom stereocenters. The van der Waals surface area contributed by atoms with Crippen molar-refractivity contribution in [3.63, 3.8) is 0 Å². The lowest BCUT2D eigenvalue weighted by Crippen LogP contribution is -2.19. The maximum atomic E-state index is 4.64. The minimum Gasteiger partial charge on any atom is -0.265 e. The molecule has 0 amide bonds. The molecule has 1 aromatic heterocycles. The topological polar surface area (TPSA) is 17.8 Å². The number of hydrogen-bond acceptors (Lipinski definition) is 1. The SMILES string of the molecule is Cc1nn(C2CCCC(C)C2)c(C)c1Br. The van der Waals surface area contributed by atoms with Crippen molar-refractivity contribution in [3.8, 4) is 0 Å². The molecule has 84 valence electrons. The Balaban J connectivity index is 2.25. The second-order valence-corrected chi connectivity index (χ2v) is 5.65. The van der Waals surface area contributed by atoms with Crippen LogP contribution in [0.4, 0.5) is 0 Å².